The van der Waals surface area contributed by atoms with Gasteiger partial charge < -0.3 is 4.74 Å². The molecule has 1 aliphatic heterocycles. The molecule has 0 bridgehead atoms. The number of hydrogen-bond donors (Lipinski definition) is 0. The van der Waals surface area contributed by atoms with Gasteiger partial charge in [0.25, 0.3) is 11.8 Å². The van der Waals surface area contributed by atoms with E-state index >= 15 is 0 Å². The summed E-state index contributed by atoms with van der Waals surface area (Å²) in [5, 5.41) is 0. The summed E-state index contributed by atoms with van der Waals surface area (Å²) in [6.07, 6.45) is 2.42. The summed E-state index contributed by atoms with van der Waals surface area (Å²) in [7, 11) is 0. The Balaban J connectivity index is 1.83. The highest BCUT2D eigenvalue weighted by Gasteiger charge is 2.36. The van der Waals surface area contributed by atoms with Gasteiger partial charge in [0.1, 0.15) is 0 Å². The Bertz CT molecular complexity index is 736. The molecule has 118 valence electrons. The van der Waals surface area contributed by atoms with Crippen molar-refractivity contribution in [2.24, 2.45) is 0 Å². The number of carbonyl (C=O) groups is 4. The number of hydrogen-bond acceptors (Lipinski definition) is 5. The Morgan fingerprint density at radius 3 is 2.65 bits per heavy atom. The Hall–Kier alpha value is -2.76. The predicted octanol–water partition coefficient (Wildman–Crippen LogP) is 1.75. The zero-order valence-corrected chi connectivity index (χ0v) is 12.4. The van der Waals surface area contributed by atoms with Crippen LogP contribution in [0.5, 0.6) is 0 Å². The van der Waals surface area contributed by atoms with Crippen LogP contribution in [0.15, 0.2) is 30.9 Å². The Labute approximate surface area is 132 Å². The van der Waals surface area contributed by atoms with Crippen LogP contribution in [0.1, 0.15) is 50.3 Å². The molecule has 3 rings (SSSR count). The molecule has 0 unspecified atom stereocenters. The number of amides is 2. The van der Waals surface area contributed by atoms with Gasteiger partial charge in [0, 0.05) is 13.0 Å². The summed E-state index contributed by atoms with van der Waals surface area (Å²) in [6, 6.07) is 4.22. The topological polar surface area (TPSA) is 80.8 Å². The Kier molecular flexibility index (Phi) is 3.82. The third kappa shape index (κ3) is 2.56. The van der Waals surface area contributed by atoms with Gasteiger partial charge in [0.05, 0.1) is 16.7 Å². The molecule has 1 saturated carbocycles. The third-order valence-electron chi connectivity index (χ3n) is 4.02. The molecule has 1 aromatic rings. The van der Waals surface area contributed by atoms with Crippen LogP contribution in [0.3, 0.4) is 0 Å². The number of fused-ring (bicyclic) bond motifs is 1. The summed E-state index contributed by atoms with van der Waals surface area (Å²) < 4.78 is 5.19. The molecule has 6 nitrogen and oxygen atoms in total. The van der Waals surface area contributed by atoms with Crippen LogP contribution < -0.4 is 0 Å². The molecule has 0 N–H and O–H groups in total. The number of ether oxygens (including phenoxy) is 1. The quantitative estimate of drug-likeness (QED) is 0.480. The van der Waals surface area contributed by atoms with E-state index in [4.69, 9.17) is 4.74 Å². The maximum atomic E-state index is 12.2. The first-order valence-electron chi connectivity index (χ1n) is 7.37. The first kappa shape index (κ1) is 15.1. The maximum Gasteiger partial charge on any atom is 0.338 e. The van der Waals surface area contributed by atoms with Crippen molar-refractivity contribution >= 4 is 23.6 Å². The van der Waals surface area contributed by atoms with E-state index in [0.29, 0.717) is 19.3 Å². The van der Waals surface area contributed by atoms with E-state index in [0.717, 1.165) is 4.90 Å². The van der Waals surface area contributed by atoms with Gasteiger partial charge in [-0.15, -0.1) is 6.58 Å². The fourth-order valence-corrected chi connectivity index (χ4v) is 2.82. The monoisotopic (exact) mass is 313 g/mol. The van der Waals surface area contributed by atoms with Gasteiger partial charge in [-0.1, -0.05) is 6.08 Å². The number of Topliss-reactive ketones (excluding diaryl/α,β-unsaturated/α-hetero) is 1. The molecule has 6 heteroatoms. The molecular weight excluding hydrogens is 298 g/mol. The molecule has 0 saturated heterocycles. The van der Waals surface area contributed by atoms with Crippen LogP contribution in [0.25, 0.3) is 0 Å². The number of ketones is 1. The van der Waals surface area contributed by atoms with E-state index < -0.39 is 23.9 Å². The molecule has 1 fully saturated rings. The van der Waals surface area contributed by atoms with Crippen LogP contribution in [-0.2, 0) is 9.53 Å². The summed E-state index contributed by atoms with van der Waals surface area (Å²) >= 11 is 0. The van der Waals surface area contributed by atoms with Gasteiger partial charge in [0.2, 0.25) is 0 Å². The standard InChI is InChI=1S/C17H15NO5/c1-2-8-18-15(20)11-7-6-10(9-12(11)16(18)21)17(22)23-14-5-3-4-13(14)19/h2,6-7,9,14H,1,3-5,8H2/t14-/m1/s1. The lowest BCUT2D eigenvalue weighted by Gasteiger charge is -2.10. The zero-order chi connectivity index (χ0) is 16.6. The summed E-state index contributed by atoms with van der Waals surface area (Å²) in [5.41, 5.74) is 0.583. The minimum Gasteiger partial charge on any atom is -0.451 e. The van der Waals surface area contributed by atoms with Crippen LogP contribution in [0.4, 0.5) is 0 Å². The number of carbonyl (C=O) groups excluding carboxylic acids is 4. The maximum absolute atomic E-state index is 12.2. The number of esters is 1. The van der Waals surface area contributed by atoms with E-state index in [1.807, 2.05) is 0 Å². The lowest BCUT2D eigenvalue weighted by molar-refractivity contribution is -0.124. The molecule has 1 aliphatic carbocycles. The van der Waals surface area contributed by atoms with Crippen LogP contribution in [-0.4, -0.2) is 41.1 Å². The SMILES string of the molecule is C=CCN1C(=O)c2ccc(C(=O)O[C@@H]3CCCC3=O)cc2C1=O. The second-order valence-corrected chi connectivity index (χ2v) is 5.52. The first-order valence-corrected chi connectivity index (χ1v) is 7.37. The minimum absolute atomic E-state index is 0.0806. The van der Waals surface area contributed by atoms with Gasteiger partial charge in [-0.05, 0) is 31.0 Å². The Morgan fingerprint density at radius 2 is 2.00 bits per heavy atom. The second-order valence-electron chi connectivity index (χ2n) is 5.52. The number of benzene rings is 1. The van der Waals surface area contributed by atoms with Gasteiger partial charge in [-0.25, -0.2) is 4.79 Å². The van der Waals surface area contributed by atoms with Crippen molar-refractivity contribution in [3.05, 3.63) is 47.5 Å². The van der Waals surface area contributed by atoms with Crippen molar-refractivity contribution < 1.29 is 23.9 Å². The normalized spacial score (nSPS) is 19.9. The molecule has 2 aliphatic rings. The third-order valence-corrected chi connectivity index (χ3v) is 4.02. The Morgan fingerprint density at radius 1 is 1.26 bits per heavy atom. The smallest absolute Gasteiger partial charge is 0.338 e. The molecule has 0 spiro atoms. The zero-order valence-electron chi connectivity index (χ0n) is 12.4. The van der Waals surface area contributed by atoms with Crippen molar-refractivity contribution in [3.8, 4) is 0 Å². The van der Waals surface area contributed by atoms with Gasteiger partial charge in [-0.3, -0.25) is 19.3 Å². The van der Waals surface area contributed by atoms with Crippen molar-refractivity contribution in [3.63, 3.8) is 0 Å². The lowest BCUT2D eigenvalue weighted by Crippen LogP contribution is -2.29. The van der Waals surface area contributed by atoms with Gasteiger partial charge >= 0.3 is 5.97 Å². The predicted molar refractivity (Wildman–Crippen MR) is 80.1 cm³/mol. The van der Waals surface area contributed by atoms with Crippen molar-refractivity contribution in [2.75, 3.05) is 6.54 Å². The van der Waals surface area contributed by atoms with Gasteiger partial charge in [-0.2, -0.15) is 0 Å². The highest BCUT2D eigenvalue weighted by molar-refractivity contribution is 6.22. The summed E-state index contributed by atoms with van der Waals surface area (Å²) in [4.78, 5) is 49.1. The van der Waals surface area contributed by atoms with Crippen molar-refractivity contribution in [2.45, 2.75) is 25.4 Å². The average molecular weight is 313 g/mol. The number of imide groups is 1. The highest BCUT2D eigenvalue weighted by atomic mass is 16.5. The molecule has 1 aromatic carbocycles. The summed E-state index contributed by atoms with van der Waals surface area (Å²) in [6.45, 7) is 3.63. The average Bonchev–Trinajstić information content (AvgIpc) is 3.04. The molecule has 1 atom stereocenters. The highest BCUT2D eigenvalue weighted by Crippen LogP contribution is 2.25. The minimum atomic E-state index is -0.703. The summed E-state index contributed by atoms with van der Waals surface area (Å²) in [5.74, 6) is -1.61. The van der Waals surface area contributed by atoms with E-state index in [-0.39, 0.29) is 29.0 Å². The second kappa shape index (κ2) is 5.79. The largest absolute Gasteiger partial charge is 0.451 e. The van der Waals surface area contributed by atoms with Crippen LogP contribution in [0.2, 0.25) is 0 Å². The van der Waals surface area contributed by atoms with Crippen LogP contribution in [0, 0.1) is 0 Å². The van der Waals surface area contributed by atoms with Gasteiger partial charge in [0.15, 0.2) is 11.9 Å². The first-order chi connectivity index (χ1) is 11.0. The molecule has 23 heavy (non-hydrogen) atoms. The molecular formula is C17H15NO5. The van der Waals surface area contributed by atoms with E-state index in [1.54, 1.807) is 0 Å². The molecule has 0 radical (unpaired) electrons. The molecule has 0 aromatic heterocycles. The number of rotatable bonds is 4. The fourth-order valence-electron chi connectivity index (χ4n) is 2.82. The fraction of sp³-hybridized carbons (Fsp3) is 0.294. The lowest BCUT2D eigenvalue weighted by atomic mass is 10.1. The molecule has 1 heterocycles. The number of nitrogens with zero attached hydrogens (tertiary/aromatic N) is 1. The van der Waals surface area contributed by atoms with Crippen LogP contribution >= 0.6 is 0 Å². The van der Waals surface area contributed by atoms with E-state index in [1.165, 1.54) is 24.3 Å². The van der Waals surface area contributed by atoms with E-state index in [2.05, 4.69) is 6.58 Å². The van der Waals surface area contributed by atoms with Crippen molar-refractivity contribution in [1.29, 1.82) is 0 Å². The molecule has 2 amide bonds. The van der Waals surface area contributed by atoms with Crippen molar-refractivity contribution in [1.82, 2.24) is 4.90 Å². The van der Waals surface area contributed by atoms with E-state index in [9.17, 15) is 19.2 Å².